The highest BCUT2D eigenvalue weighted by Crippen LogP contribution is 2.55. The first-order valence-electron chi connectivity index (χ1n) is 11.7. The Morgan fingerprint density at radius 3 is 2.77 bits per heavy atom. The molecule has 0 aromatic heterocycles. The summed E-state index contributed by atoms with van der Waals surface area (Å²) in [5, 5.41) is 17.4. The van der Waals surface area contributed by atoms with E-state index in [9.17, 15) is 9.90 Å². The molecule has 1 fully saturated rings. The lowest BCUT2D eigenvalue weighted by molar-refractivity contribution is -0.152. The summed E-state index contributed by atoms with van der Waals surface area (Å²) in [5.74, 6) is 2.67. The second-order valence-corrected chi connectivity index (χ2v) is 10.4. The highest BCUT2D eigenvalue weighted by Gasteiger charge is 2.49. The molecule has 3 N–H and O–H groups in total. The number of methoxy groups -OCH3 is 2. The summed E-state index contributed by atoms with van der Waals surface area (Å²) in [7, 11) is 3.18. The molecule has 1 saturated heterocycles. The summed E-state index contributed by atoms with van der Waals surface area (Å²) >= 11 is 1.67. The number of benzene rings is 2. The maximum Gasteiger partial charge on any atom is 0.331 e. The van der Waals surface area contributed by atoms with Gasteiger partial charge in [0.2, 0.25) is 6.79 Å². The van der Waals surface area contributed by atoms with Crippen LogP contribution in [0.3, 0.4) is 0 Å². The molecule has 10 heteroatoms. The van der Waals surface area contributed by atoms with Crippen LogP contribution >= 0.6 is 11.8 Å². The van der Waals surface area contributed by atoms with E-state index in [0.717, 1.165) is 33.6 Å². The fourth-order valence-corrected chi connectivity index (χ4v) is 7.18. The van der Waals surface area contributed by atoms with Gasteiger partial charge in [-0.25, -0.2) is 4.79 Å². The fraction of sp³-hybridized carbons (Fsp3) is 0.480. The van der Waals surface area contributed by atoms with Crippen molar-refractivity contribution in [3.63, 3.8) is 0 Å². The number of aromatic hydroxyl groups is 1. The van der Waals surface area contributed by atoms with Gasteiger partial charge in [-0.1, -0.05) is 0 Å². The zero-order chi connectivity index (χ0) is 24.3. The molecule has 2 aromatic rings. The van der Waals surface area contributed by atoms with Crippen LogP contribution in [0.15, 0.2) is 12.1 Å². The molecule has 5 aliphatic rings. The fourth-order valence-electron chi connectivity index (χ4n) is 5.74. The molecule has 0 saturated carbocycles. The van der Waals surface area contributed by atoms with Crippen molar-refractivity contribution in [3.05, 3.63) is 39.9 Å². The second kappa shape index (κ2) is 8.39. The van der Waals surface area contributed by atoms with Crippen molar-refractivity contribution in [3.8, 4) is 28.7 Å². The number of hydrogen-bond acceptors (Lipinski definition) is 10. The highest BCUT2D eigenvalue weighted by atomic mass is 32.2. The lowest BCUT2D eigenvalue weighted by Crippen LogP contribution is -2.57. The zero-order valence-corrected chi connectivity index (χ0v) is 20.7. The van der Waals surface area contributed by atoms with E-state index in [1.807, 2.05) is 6.92 Å². The number of carbonyl (C=O) groups excluding carboxylic acids is 1. The molecular formula is C25H28N2O7S. The Balaban J connectivity index is 1.48. The third kappa shape index (κ3) is 3.26. The summed E-state index contributed by atoms with van der Waals surface area (Å²) in [6, 6.07) is 3.20. The Labute approximate surface area is 207 Å². The lowest BCUT2D eigenvalue weighted by atomic mass is 9.83. The number of thioether (sulfide) groups is 1. The molecule has 9 nitrogen and oxygen atoms in total. The maximum atomic E-state index is 13.7. The minimum Gasteiger partial charge on any atom is -0.504 e. The van der Waals surface area contributed by atoms with E-state index in [1.165, 1.54) is 7.11 Å². The Bertz CT molecular complexity index is 1220. The first-order chi connectivity index (χ1) is 17.0. The van der Waals surface area contributed by atoms with E-state index in [2.05, 4.69) is 10.6 Å². The van der Waals surface area contributed by atoms with E-state index in [4.69, 9.17) is 23.7 Å². The predicted octanol–water partition coefficient (Wildman–Crippen LogP) is 2.46. The third-order valence-corrected chi connectivity index (χ3v) is 8.82. The van der Waals surface area contributed by atoms with Gasteiger partial charge in [-0.15, -0.1) is 11.8 Å². The van der Waals surface area contributed by atoms with Crippen LogP contribution in [0, 0.1) is 6.92 Å². The molecule has 2 aromatic carbocycles. The number of phenols is 1. The molecule has 5 aliphatic heterocycles. The molecule has 0 radical (unpaired) electrons. The monoisotopic (exact) mass is 500 g/mol. The number of hydrogen-bond donors (Lipinski definition) is 3. The van der Waals surface area contributed by atoms with Crippen molar-refractivity contribution in [2.24, 2.45) is 0 Å². The minimum absolute atomic E-state index is 0.0124. The third-order valence-electron chi connectivity index (χ3n) is 7.41. The molecule has 0 unspecified atom stereocenters. The van der Waals surface area contributed by atoms with Crippen LogP contribution in [0.2, 0.25) is 0 Å². The lowest BCUT2D eigenvalue weighted by Gasteiger charge is -2.42. The highest BCUT2D eigenvalue weighted by molar-refractivity contribution is 7.99. The number of nitrogens with one attached hydrogen (secondary N) is 2. The number of ether oxygens (including phenoxy) is 5. The van der Waals surface area contributed by atoms with Crippen LogP contribution in [-0.4, -0.2) is 57.5 Å². The number of rotatable bonds is 2. The Hall–Kier alpha value is -2.82. The minimum atomic E-state index is -1.06. The van der Waals surface area contributed by atoms with Crippen molar-refractivity contribution < 1.29 is 33.6 Å². The quantitative estimate of drug-likeness (QED) is 0.532. The maximum absolute atomic E-state index is 13.7. The van der Waals surface area contributed by atoms with Gasteiger partial charge in [0.25, 0.3) is 0 Å². The first kappa shape index (κ1) is 22.6. The normalized spacial score (nSPS) is 26.7. The Morgan fingerprint density at radius 2 is 1.97 bits per heavy atom. The van der Waals surface area contributed by atoms with E-state index < -0.39 is 5.54 Å². The molecule has 5 heterocycles. The van der Waals surface area contributed by atoms with Gasteiger partial charge in [0.15, 0.2) is 28.5 Å². The topological polar surface area (TPSA) is 108 Å². The summed E-state index contributed by atoms with van der Waals surface area (Å²) in [5.41, 5.74) is 3.56. The number of fused-ring (bicyclic) bond motifs is 6. The first-order valence-corrected chi connectivity index (χ1v) is 12.7. The number of carbonyl (C=O) groups is 1. The second-order valence-electron chi connectivity index (χ2n) is 9.17. The van der Waals surface area contributed by atoms with Crippen LogP contribution in [0.25, 0.3) is 0 Å². The average Bonchev–Trinajstić information content (AvgIpc) is 3.36. The molecule has 186 valence electrons. The van der Waals surface area contributed by atoms with Gasteiger partial charge < -0.3 is 34.1 Å². The number of phenolic OH excluding ortho intramolecular Hbond substituents is 1. The molecule has 35 heavy (non-hydrogen) atoms. The van der Waals surface area contributed by atoms with Crippen LogP contribution < -0.4 is 29.6 Å². The molecular weight excluding hydrogens is 472 g/mol. The van der Waals surface area contributed by atoms with E-state index in [1.54, 1.807) is 31.0 Å². The van der Waals surface area contributed by atoms with Crippen molar-refractivity contribution in [2.45, 2.75) is 30.2 Å². The van der Waals surface area contributed by atoms with E-state index in [-0.39, 0.29) is 36.4 Å². The molecule has 2 bridgehead atoms. The summed E-state index contributed by atoms with van der Waals surface area (Å²) in [4.78, 5) is 13.7. The molecule has 1 spiro atoms. The van der Waals surface area contributed by atoms with Gasteiger partial charge in [-0.2, -0.15) is 0 Å². The molecule has 0 aliphatic carbocycles. The Kier molecular flexibility index (Phi) is 5.43. The van der Waals surface area contributed by atoms with E-state index >= 15 is 0 Å². The summed E-state index contributed by atoms with van der Waals surface area (Å²) in [6.07, 6.45) is 0.694. The molecule has 7 rings (SSSR count). The summed E-state index contributed by atoms with van der Waals surface area (Å²) in [6.45, 7) is 3.56. The SMILES string of the molecule is COc1cc2c(cc1O)CCN[C@]21CS[C@H]2CN[C@@H](COC1=O)c1c3c(c(C)c(OC)c12)OCO3. The zero-order valence-electron chi connectivity index (χ0n) is 19.9. The molecule has 3 atom stereocenters. The van der Waals surface area contributed by atoms with Gasteiger partial charge in [0.1, 0.15) is 12.4 Å². The van der Waals surface area contributed by atoms with Crippen LogP contribution in [-0.2, 0) is 21.5 Å². The van der Waals surface area contributed by atoms with Crippen molar-refractivity contribution in [1.29, 1.82) is 0 Å². The van der Waals surface area contributed by atoms with Crippen molar-refractivity contribution in [1.82, 2.24) is 10.6 Å². The largest absolute Gasteiger partial charge is 0.504 e. The average molecular weight is 501 g/mol. The standard InChI is InChI=1S/C25H28N2O7S/c1-12-21(31-3)20-18-8-26-15(19(20)23-22(12)33-11-34-23)9-32-24(29)25(10-35-18)14-7-17(30-2)16(28)6-13(14)4-5-27-25/h6-7,15,18,26-28H,4-5,8-11H2,1-3H3/t15-,18-,25+/m0/s1. The van der Waals surface area contributed by atoms with Crippen LogP contribution in [0.1, 0.15) is 39.1 Å². The smallest absolute Gasteiger partial charge is 0.331 e. The molecule has 0 amide bonds. The number of esters is 1. The van der Waals surface area contributed by atoms with Crippen LogP contribution in [0.4, 0.5) is 0 Å². The van der Waals surface area contributed by atoms with Crippen LogP contribution in [0.5, 0.6) is 28.7 Å². The van der Waals surface area contributed by atoms with Gasteiger partial charge in [-0.05, 0) is 36.6 Å². The summed E-state index contributed by atoms with van der Waals surface area (Å²) < 4.78 is 28.9. The van der Waals surface area contributed by atoms with Crippen molar-refractivity contribution in [2.75, 3.05) is 46.5 Å². The van der Waals surface area contributed by atoms with Gasteiger partial charge in [0.05, 0.1) is 20.3 Å². The predicted molar refractivity (Wildman–Crippen MR) is 129 cm³/mol. The van der Waals surface area contributed by atoms with Gasteiger partial charge in [0, 0.05) is 40.8 Å². The van der Waals surface area contributed by atoms with Crippen molar-refractivity contribution >= 4 is 17.7 Å². The Morgan fingerprint density at radius 1 is 1.14 bits per heavy atom. The van der Waals surface area contributed by atoms with E-state index in [0.29, 0.717) is 42.5 Å². The van der Waals surface area contributed by atoms with Gasteiger partial charge >= 0.3 is 5.97 Å². The van der Waals surface area contributed by atoms with Gasteiger partial charge in [-0.3, -0.25) is 5.32 Å².